The number of nitrogens with zero attached hydrogens (tertiary/aromatic N) is 1. The molecule has 3 heteroatoms. The van der Waals surface area contributed by atoms with E-state index in [2.05, 4.69) is 20.8 Å². The molecule has 0 aliphatic carbocycles. The van der Waals surface area contributed by atoms with Gasteiger partial charge in [-0.3, -0.25) is 4.79 Å². The van der Waals surface area contributed by atoms with Gasteiger partial charge in [-0.2, -0.15) is 0 Å². The van der Waals surface area contributed by atoms with E-state index in [9.17, 15) is 4.79 Å². The summed E-state index contributed by atoms with van der Waals surface area (Å²) >= 11 is 0. The van der Waals surface area contributed by atoms with Crippen LogP contribution in [0.3, 0.4) is 0 Å². The van der Waals surface area contributed by atoms with Gasteiger partial charge in [0.2, 0.25) is 5.91 Å². The molecule has 14 heavy (non-hydrogen) atoms. The molecule has 0 unspecified atom stereocenters. The van der Waals surface area contributed by atoms with Gasteiger partial charge in [-0.15, -0.1) is 0 Å². The van der Waals surface area contributed by atoms with Gasteiger partial charge in [0.25, 0.3) is 0 Å². The van der Waals surface area contributed by atoms with Crippen molar-refractivity contribution in [2.24, 2.45) is 5.41 Å². The van der Waals surface area contributed by atoms with Crippen molar-refractivity contribution >= 4 is 5.91 Å². The molecule has 0 aromatic rings. The van der Waals surface area contributed by atoms with Crippen LogP contribution in [-0.4, -0.2) is 35.6 Å². The number of amides is 1. The van der Waals surface area contributed by atoms with E-state index in [-0.39, 0.29) is 17.9 Å². The predicted octanol–water partition coefficient (Wildman–Crippen LogP) is 1.65. The highest BCUT2D eigenvalue weighted by Gasteiger charge is 2.16. The monoisotopic (exact) mass is 201 g/mol. The van der Waals surface area contributed by atoms with E-state index in [1.807, 2.05) is 6.92 Å². The molecule has 84 valence electrons. The van der Waals surface area contributed by atoms with Gasteiger partial charge in [0.15, 0.2) is 0 Å². The van der Waals surface area contributed by atoms with Crippen LogP contribution >= 0.6 is 0 Å². The number of rotatable bonds is 5. The summed E-state index contributed by atoms with van der Waals surface area (Å²) in [4.78, 5) is 13.3. The number of hydrogen-bond acceptors (Lipinski definition) is 2. The third-order valence-corrected chi connectivity index (χ3v) is 2.19. The standard InChI is InChI=1S/C11H23NO2/c1-5-12(8-9-13)10(14)6-7-11(2,3)4/h13H,5-9H2,1-4H3. The molecular formula is C11H23NO2. The molecule has 0 atom stereocenters. The number of likely N-dealkylation sites (N-methyl/N-ethyl adjacent to an activating group) is 1. The Hall–Kier alpha value is -0.570. The summed E-state index contributed by atoms with van der Waals surface area (Å²) in [7, 11) is 0. The van der Waals surface area contributed by atoms with Gasteiger partial charge in [-0.05, 0) is 18.8 Å². The fraction of sp³-hybridized carbons (Fsp3) is 0.909. The second-order valence-corrected chi connectivity index (χ2v) is 4.76. The zero-order valence-corrected chi connectivity index (χ0v) is 9.84. The summed E-state index contributed by atoms with van der Waals surface area (Å²) in [5, 5.41) is 8.75. The van der Waals surface area contributed by atoms with Crippen LogP contribution in [0.15, 0.2) is 0 Å². The molecule has 0 saturated carbocycles. The van der Waals surface area contributed by atoms with Gasteiger partial charge in [0.05, 0.1) is 6.61 Å². The minimum absolute atomic E-state index is 0.0507. The van der Waals surface area contributed by atoms with Crippen LogP contribution in [0.5, 0.6) is 0 Å². The van der Waals surface area contributed by atoms with Crippen LogP contribution in [-0.2, 0) is 4.79 Å². The van der Waals surface area contributed by atoms with Crippen molar-refractivity contribution in [3.8, 4) is 0 Å². The van der Waals surface area contributed by atoms with Crippen LogP contribution < -0.4 is 0 Å². The van der Waals surface area contributed by atoms with E-state index in [4.69, 9.17) is 5.11 Å². The van der Waals surface area contributed by atoms with Crippen LogP contribution in [0, 0.1) is 5.41 Å². The number of carbonyl (C=O) groups is 1. The summed E-state index contributed by atoms with van der Waals surface area (Å²) in [5.74, 6) is 0.150. The average Bonchev–Trinajstić information content (AvgIpc) is 2.09. The summed E-state index contributed by atoms with van der Waals surface area (Å²) < 4.78 is 0. The average molecular weight is 201 g/mol. The maximum Gasteiger partial charge on any atom is 0.222 e. The maximum absolute atomic E-state index is 11.6. The topological polar surface area (TPSA) is 40.5 Å². The largest absolute Gasteiger partial charge is 0.395 e. The number of hydrogen-bond donors (Lipinski definition) is 1. The minimum atomic E-state index is 0.0507. The van der Waals surface area contributed by atoms with Crippen molar-refractivity contribution in [2.75, 3.05) is 19.7 Å². The van der Waals surface area contributed by atoms with Crippen LogP contribution in [0.4, 0.5) is 0 Å². The SMILES string of the molecule is CCN(CCO)C(=O)CCC(C)(C)C. The number of aliphatic hydroxyl groups is 1. The first kappa shape index (κ1) is 13.4. The van der Waals surface area contributed by atoms with Crippen molar-refractivity contribution in [1.82, 2.24) is 4.90 Å². The quantitative estimate of drug-likeness (QED) is 0.735. The Morgan fingerprint density at radius 1 is 1.36 bits per heavy atom. The van der Waals surface area contributed by atoms with E-state index in [0.717, 1.165) is 6.42 Å². The first-order chi connectivity index (χ1) is 6.40. The van der Waals surface area contributed by atoms with Gasteiger partial charge in [-0.25, -0.2) is 0 Å². The highest BCUT2D eigenvalue weighted by atomic mass is 16.3. The van der Waals surface area contributed by atoms with Crippen LogP contribution in [0.1, 0.15) is 40.5 Å². The van der Waals surface area contributed by atoms with Crippen molar-refractivity contribution in [2.45, 2.75) is 40.5 Å². The van der Waals surface area contributed by atoms with E-state index in [1.165, 1.54) is 0 Å². The molecule has 0 aliphatic rings. The lowest BCUT2D eigenvalue weighted by atomic mass is 9.90. The van der Waals surface area contributed by atoms with Crippen molar-refractivity contribution < 1.29 is 9.90 Å². The number of aliphatic hydroxyl groups excluding tert-OH is 1. The van der Waals surface area contributed by atoms with Crippen LogP contribution in [0.25, 0.3) is 0 Å². The Balaban J connectivity index is 3.93. The highest BCUT2D eigenvalue weighted by Crippen LogP contribution is 2.20. The smallest absolute Gasteiger partial charge is 0.222 e. The molecule has 0 aromatic heterocycles. The van der Waals surface area contributed by atoms with Gasteiger partial charge in [-0.1, -0.05) is 20.8 Å². The van der Waals surface area contributed by atoms with Gasteiger partial charge in [0, 0.05) is 19.5 Å². The fourth-order valence-corrected chi connectivity index (χ4v) is 1.22. The Bertz CT molecular complexity index is 173. The molecular weight excluding hydrogens is 178 g/mol. The fourth-order valence-electron chi connectivity index (χ4n) is 1.22. The molecule has 0 aromatic carbocycles. The van der Waals surface area contributed by atoms with Crippen molar-refractivity contribution in [3.05, 3.63) is 0 Å². The normalized spacial score (nSPS) is 11.5. The van der Waals surface area contributed by atoms with Gasteiger partial charge in [0.1, 0.15) is 0 Å². The lowest BCUT2D eigenvalue weighted by Gasteiger charge is -2.23. The third-order valence-electron chi connectivity index (χ3n) is 2.19. The molecule has 1 N–H and O–H groups in total. The van der Waals surface area contributed by atoms with Crippen molar-refractivity contribution in [1.29, 1.82) is 0 Å². The molecule has 3 nitrogen and oxygen atoms in total. The summed E-state index contributed by atoms with van der Waals surface area (Å²) in [6, 6.07) is 0. The van der Waals surface area contributed by atoms with E-state index in [0.29, 0.717) is 19.5 Å². The summed E-state index contributed by atoms with van der Waals surface area (Å²) in [5.41, 5.74) is 0.203. The van der Waals surface area contributed by atoms with Gasteiger partial charge < -0.3 is 10.0 Å². The molecule has 0 spiro atoms. The molecule has 0 heterocycles. The van der Waals surface area contributed by atoms with Crippen molar-refractivity contribution in [3.63, 3.8) is 0 Å². The molecule has 0 aliphatic heterocycles. The van der Waals surface area contributed by atoms with E-state index >= 15 is 0 Å². The zero-order valence-electron chi connectivity index (χ0n) is 9.84. The summed E-state index contributed by atoms with van der Waals surface area (Å²) in [6.45, 7) is 9.51. The zero-order chi connectivity index (χ0) is 11.2. The maximum atomic E-state index is 11.6. The summed E-state index contributed by atoms with van der Waals surface area (Å²) in [6.07, 6.45) is 1.48. The molecule has 0 bridgehead atoms. The molecule has 1 amide bonds. The lowest BCUT2D eigenvalue weighted by molar-refractivity contribution is -0.132. The Morgan fingerprint density at radius 2 is 1.93 bits per heavy atom. The molecule has 0 radical (unpaired) electrons. The Labute approximate surface area is 87.1 Å². The second kappa shape index (κ2) is 6.02. The first-order valence-corrected chi connectivity index (χ1v) is 5.29. The second-order valence-electron chi connectivity index (χ2n) is 4.76. The third kappa shape index (κ3) is 5.97. The molecule has 0 rings (SSSR count). The minimum Gasteiger partial charge on any atom is -0.395 e. The first-order valence-electron chi connectivity index (χ1n) is 5.29. The Morgan fingerprint density at radius 3 is 2.29 bits per heavy atom. The van der Waals surface area contributed by atoms with E-state index < -0.39 is 0 Å². The molecule has 0 saturated heterocycles. The Kier molecular flexibility index (Phi) is 5.77. The lowest BCUT2D eigenvalue weighted by Crippen LogP contribution is -2.33. The van der Waals surface area contributed by atoms with Gasteiger partial charge >= 0.3 is 0 Å². The van der Waals surface area contributed by atoms with E-state index in [1.54, 1.807) is 4.90 Å². The molecule has 0 fully saturated rings. The van der Waals surface area contributed by atoms with Crippen LogP contribution in [0.2, 0.25) is 0 Å². The number of carbonyl (C=O) groups excluding carboxylic acids is 1. The predicted molar refractivity (Wildman–Crippen MR) is 58.0 cm³/mol. The highest BCUT2D eigenvalue weighted by molar-refractivity contribution is 5.76.